The molecule has 0 spiro atoms. The quantitative estimate of drug-likeness (QED) is 0.573. The van der Waals surface area contributed by atoms with E-state index in [0.29, 0.717) is 17.9 Å². The fraction of sp³-hybridized carbons (Fsp3) is 0.160. The Hall–Kier alpha value is -4.13. The first-order chi connectivity index (χ1) is 15.5. The van der Waals surface area contributed by atoms with Gasteiger partial charge in [-0.25, -0.2) is 14.5 Å². The second-order valence-corrected chi connectivity index (χ2v) is 7.49. The van der Waals surface area contributed by atoms with Crippen molar-refractivity contribution >= 4 is 23.6 Å². The summed E-state index contributed by atoms with van der Waals surface area (Å²) >= 11 is 0. The highest BCUT2D eigenvalue weighted by atomic mass is 16.5. The summed E-state index contributed by atoms with van der Waals surface area (Å²) in [6, 6.07) is 21.5. The Balaban J connectivity index is 1.66. The zero-order chi connectivity index (χ0) is 22.7. The van der Waals surface area contributed by atoms with Crippen LogP contribution in [0.2, 0.25) is 0 Å². The Morgan fingerprint density at radius 3 is 2.16 bits per heavy atom. The highest BCUT2D eigenvalue weighted by Gasteiger charge is 2.45. The average Bonchev–Trinajstić information content (AvgIpc) is 3.04. The molecule has 1 atom stereocenters. The minimum absolute atomic E-state index is 0.0868. The normalized spacial score (nSPS) is 15.8. The minimum atomic E-state index is -1.07. The van der Waals surface area contributed by atoms with E-state index in [1.165, 1.54) is 24.3 Å². The minimum Gasteiger partial charge on any atom is -0.497 e. The van der Waals surface area contributed by atoms with Gasteiger partial charge in [-0.15, -0.1) is 0 Å². The van der Waals surface area contributed by atoms with Gasteiger partial charge in [0.2, 0.25) is 0 Å². The lowest BCUT2D eigenvalue weighted by Crippen LogP contribution is -2.36. The molecule has 0 bridgehead atoms. The van der Waals surface area contributed by atoms with Crippen molar-refractivity contribution in [3.05, 3.63) is 95.6 Å². The largest absolute Gasteiger partial charge is 0.497 e. The number of carbonyl (C=O) groups excluding carboxylic acids is 2. The van der Waals surface area contributed by atoms with Gasteiger partial charge in [0.05, 0.1) is 18.4 Å². The number of methoxy groups -OCH3 is 1. The van der Waals surface area contributed by atoms with Crippen LogP contribution in [0, 0.1) is 0 Å². The molecule has 162 valence electrons. The predicted molar refractivity (Wildman–Crippen MR) is 119 cm³/mol. The van der Waals surface area contributed by atoms with E-state index in [0.717, 1.165) is 16.0 Å². The van der Waals surface area contributed by atoms with Gasteiger partial charge < -0.3 is 14.7 Å². The van der Waals surface area contributed by atoms with Gasteiger partial charge >= 0.3 is 12.0 Å². The molecule has 1 heterocycles. The number of aromatic carboxylic acids is 1. The maximum atomic E-state index is 13.4. The molecule has 7 heteroatoms. The van der Waals surface area contributed by atoms with E-state index in [4.69, 9.17) is 9.84 Å². The molecule has 0 aromatic heterocycles. The lowest BCUT2D eigenvalue weighted by Gasteiger charge is -2.22. The van der Waals surface area contributed by atoms with Crippen molar-refractivity contribution < 1.29 is 24.2 Å². The van der Waals surface area contributed by atoms with Gasteiger partial charge in [0.25, 0.3) is 5.91 Å². The number of urea groups is 1. The molecule has 3 amide bonds. The second kappa shape index (κ2) is 8.93. The van der Waals surface area contributed by atoms with Gasteiger partial charge in [-0.2, -0.15) is 0 Å². The number of rotatable bonds is 7. The number of imide groups is 1. The lowest BCUT2D eigenvalue weighted by molar-refractivity contribution is -0.119. The summed E-state index contributed by atoms with van der Waals surface area (Å²) in [6.07, 6.45) is 0.380. The van der Waals surface area contributed by atoms with Gasteiger partial charge in [-0.1, -0.05) is 42.5 Å². The van der Waals surface area contributed by atoms with Crippen LogP contribution in [-0.4, -0.2) is 41.1 Å². The Morgan fingerprint density at radius 2 is 1.56 bits per heavy atom. The number of anilines is 1. The van der Waals surface area contributed by atoms with Crippen molar-refractivity contribution in [2.75, 3.05) is 12.0 Å². The van der Waals surface area contributed by atoms with E-state index in [-0.39, 0.29) is 18.0 Å². The Morgan fingerprint density at radius 1 is 0.906 bits per heavy atom. The van der Waals surface area contributed by atoms with Crippen LogP contribution in [0.3, 0.4) is 0 Å². The van der Waals surface area contributed by atoms with Crippen LogP contribution in [0.5, 0.6) is 5.75 Å². The molecule has 3 aromatic carbocycles. The number of carboxylic acid groups (broad SMARTS) is 1. The molecule has 32 heavy (non-hydrogen) atoms. The van der Waals surface area contributed by atoms with Crippen LogP contribution in [0.15, 0.2) is 78.9 Å². The fourth-order valence-electron chi connectivity index (χ4n) is 3.77. The summed E-state index contributed by atoms with van der Waals surface area (Å²) in [7, 11) is 1.58. The van der Waals surface area contributed by atoms with Crippen molar-refractivity contribution in [3.8, 4) is 5.75 Å². The lowest BCUT2D eigenvalue weighted by atomic mass is 10.0. The van der Waals surface area contributed by atoms with Crippen molar-refractivity contribution in [1.82, 2.24) is 4.90 Å². The van der Waals surface area contributed by atoms with Crippen LogP contribution in [-0.2, 0) is 17.8 Å². The molecule has 1 aliphatic heterocycles. The number of carboxylic acids is 1. The third-order valence-electron chi connectivity index (χ3n) is 5.47. The Kier molecular flexibility index (Phi) is 5.89. The molecule has 0 radical (unpaired) electrons. The third kappa shape index (κ3) is 4.18. The molecule has 0 saturated carbocycles. The first kappa shape index (κ1) is 21.1. The van der Waals surface area contributed by atoms with Crippen LogP contribution >= 0.6 is 0 Å². The van der Waals surface area contributed by atoms with Crippen molar-refractivity contribution in [3.63, 3.8) is 0 Å². The number of ether oxygens (including phenoxy) is 1. The third-order valence-corrected chi connectivity index (χ3v) is 5.47. The maximum Gasteiger partial charge on any atom is 0.335 e. The standard InChI is InChI=1S/C25H22N2O5/c1-32-21-13-7-18(8-14-21)16-26-22(15-17-5-3-2-4-6-17)23(28)27(25(26)31)20-11-9-19(10-12-20)24(29)30/h2-14,22H,15-16H2,1H3,(H,29,30). The summed E-state index contributed by atoms with van der Waals surface area (Å²) in [4.78, 5) is 40.6. The molecular formula is C25H22N2O5. The number of hydrogen-bond acceptors (Lipinski definition) is 4. The first-order valence-electron chi connectivity index (χ1n) is 10.1. The van der Waals surface area contributed by atoms with Gasteiger partial charge in [0, 0.05) is 13.0 Å². The van der Waals surface area contributed by atoms with Crippen molar-refractivity contribution in [1.29, 1.82) is 0 Å². The van der Waals surface area contributed by atoms with E-state index in [1.54, 1.807) is 12.0 Å². The average molecular weight is 430 g/mol. The van der Waals surface area contributed by atoms with Crippen molar-refractivity contribution in [2.24, 2.45) is 0 Å². The summed E-state index contributed by atoms with van der Waals surface area (Å²) in [5.41, 5.74) is 2.25. The number of nitrogens with zero attached hydrogens (tertiary/aromatic N) is 2. The number of benzene rings is 3. The first-order valence-corrected chi connectivity index (χ1v) is 10.1. The summed E-state index contributed by atoms with van der Waals surface area (Å²) in [6.45, 7) is 0.260. The molecular weight excluding hydrogens is 408 g/mol. The fourth-order valence-corrected chi connectivity index (χ4v) is 3.77. The predicted octanol–water partition coefficient (Wildman–Crippen LogP) is 3.97. The zero-order valence-electron chi connectivity index (χ0n) is 17.5. The number of amides is 3. The molecule has 1 aliphatic rings. The van der Waals surface area contributed by atoms with Gasteiger partial charge in [0.15, 0.2) is 0 Å². The smallest absolute Gasteiger partial charge is 0.335 e. The maximum absolute atomic E-state index is 13.4. The van der Waals surface area contributed by atoms with Crippen molar-refractivity contribution in [2.45, 2.75) is 19.0 Å². The molecule has 1 fully saturated rings. The summed E-state index contributed by atoms with van der Waals surface area (Å²) in [5, 5.41) is 9.13. The van der Waals surface area contributed by atoms with Crippen LogP contribution < -0.4 is 9.64 Å². The SMILES string of the molecule is COc1ccc(CN2C(=O)N(c3ccc(C(=O)O)cc3)C(=O)C2Cc2ccccc2)cc1. The van der Waals surface area contributed by atoms with Crippen LogP contribution in [0.1, 0.15) is 21.5 Å². The Labute approximate surface area is 185 Å². The van der Waals surface area contributed by atoms with Crippen LogP contribution in [0.4, 0.5) is 10.5 Å². The molecule has 1 saturated heterocycles. The molecule has 1 unspecified atom stereocenters. The van der Waals surface area contributed by atoms with E-state index in [9.17, 15) is 14.4 Å². The molecule has 1 N–H and O–H groups in total. The molecule has 3 aromatic rings. The highest BCUT2D eigenvalue weighted by Crippen LogP contribution is 2.29. The summed E-state index contributed by atoms with van der Waals surface area (Å²) < 4.78 is 5.19. The van der Waals surface area contributed by atoms with E-state index in [2.05, 4.69) is 0 Å². The van der Waals surface area contributed by atoms with E-state index >= 15 is 0 Å². The second-order valence-electron chi connectivity index (χ2n) is 7.49. The van der Waals surface area contributed by atoms with Gasteiger partial charge in [-0.05, 0) is 47.5 Å². The number of carbonyl (C=O) groups is 3. The highest BCUT2D eigenvalue weighted by molar-refractivity contribution is 6.21. The zero-order valence-corrected chi connectivity index (χ0v) is 17.5. The Bertz CT molecular complexity index is 1130. The topological polar surface area (TPSA) is 87.2 Å². The molecule has 0 aliphatic carbocycles. The monoisotopic (exact) mass is 430 g/mol. The van der Waals surface area contributed by atoms with Gasteiger partial charge in [-0.3, -0.25) is 4.79 Å². The van der Waals surface area contributed by atoms with Gasteiger partial charge in [0.1, 0.15) is 11.8 Å². The van der Waals surface area contributed by atoms with E-state index in [1.807, 2.05) is 54.6 Å². The number of hydrogen-bond donors (Lipinski definition) is 1. The van der Waals surface area contributed by atoms with Crippen LogP contribution in [0.25, 0.3) is 0 Å². The summed E-state index contributed by atoms with van der Waals surface area (Å²) in [5.74, 6) is -0.701. The van der Waals surface area contributed by atoms with E-state index < -0.39 is 18.0 Å². The molecule has 4 rings (SSSR count). The molecule has 7 nitrogen and oxygen atoms in total.